The van der Waals surface area contributed by atoms with Gasteiger partial charge in [-0.1, -0.05) is 35.3 Å². The van der Waals surface area contributed by atoms with Gasteiger partial charge in [-0.25, -0.2) is 8.42 Å². The van der Waals surface area contributed by atoms with Crippen molar-refractivity contribution in [1.82, 2.24) is 0 Å². The van der Waals surface area contributed by atoms with Crippen molar-refractivity contribution >= 4 is 38.9 Å². The van der Waals surface area contributed by atoms with E-state index in [9.17, 15) is 8.42 Å². The summed E-state index contributed by atoms with van der Waals surface area (Å²) in [4.78, 5) is 0.194. The van der Waals surface area contributed by atoms with Crippen LogP contribution >= 0.6 is 23.2 Å². The highest BCUT2D eigenvalue weighted by atomic mass is 35.5. The predicted octanol–water partition coefficient (Wildman–Crippen LogP) is 4.41. The van der Waals surface area contributed by atoms with Crippen LogP contribution in [-0.4, -0.2) is 8.42 Å². The minimum Gasteiger partial charge on any atom is -0.278 e. The first-order valence-electron chi connectivity index (χ1n) is 5.85. The van der Waals surface area contributed by atoms with Crippen molar-refractivity contribution in [2.45, 2.75) is 18.7 Å². The maximum Gasteiger partial charge on any atom is 0.262 e. The molecule has 0 radical (unpaired) electrons. The summed E-state index contributed by atoms with van der Waals surface area (Å²) in [5, 5.41) is 0.888. The van der Waals surface area contributed by atoms with E-state index in [0.717, 1.165) is 0 Å². The molecule has 0 unspecified atom stereocenters. The fourth-order valence-electron chi connectivity index (χ4n) is 1.79. The van der Waals surface area contributed by atoms with Crippen LogP contribution in [0.5, 0.6) is 0 Å². The number of hydrogen-bond donors (Lipinski definition) is 1. The van der Waals surface area contributed by atoms with Gasteiger partial charge in [-0.2, -0.15) is 0 Å². The maximum atomic E-state index is 12.4. The molecule has 2 aromatic carbocycles. The third-order valence-electron chi connectivity index (χ3n) is 2.86. The van der Waals surface area contributed by atoms with Crippen molar-refractivity contribution in [2.24, 2.45) is 0 Å². The minimum atomic E-state index is -3.70. The number of hydrogen-bond acceptors (Lipinski definition) is 2. The van der Waals surface area contributed by atoms with Crippen LogP contribution in [0.3, 0.4) is 0 Å². The lowest BCUT2D eigenvalue weighted by molar-refractivity contribution is 0.600. The van der Waals surface area contributed by atoms with E-state index >= 15 is 0 Å². The van der Waals surface area contributed by atoms with Crippen molar-refractivity contribution in [3.05, 3.63) is 57.6 Å². The third kappa shape index (κ3) is 3.08. The lowest BCUT2D eigenvalue weighted by Crippen LogP contribution is -2.14. The Morgan fingerprint density at radius 3 is 2.25 bits per heavy atom. The second-order valence-electron chi connectivity index (χ2n) is 4.45. The average Bonchev–Trinajstić information content (AvgIpc) is 2.36. The molecular weight excluding hydrogens is 317 g/mol. The summed E-state index contributed by atoms with van der Waals surface area (Å²) < 4.78 is 27.3. The molecule has 106 valence electrons. The quantitative estimate of drug-likeness (QED) is 0.906. The number of aryl methyl sites for hydroxylation is 2. The van der Waals surface area contributed by atoms with Crippen LogP contribution in [0.2, 0.25) is 10.0 Å². The van der Waals surface area contributed by atoms with Crippen LogP contribution in [0.15, 0.2) is 41.3 Å². The van der Waals surface area contributed by atoms with Gasteiger partial charge in [-0.05, 0) is 49.2 Å². The van der Waals surface area contributed by atoms with Crippen LogP contribution in [-0.2, 0) is 10.0 Å². The molecule has 0 aliphatic rings. The van der Waals surface area contributed by atoms with Crippen LogP contribution in [0.4, 0.5) is 5.69 Å². The number of nitrogens with one attached hydrogen (secondary N) is 1. The summed E-state index contributed by atoms with van der Waals surface area (Å²) in [7, 11) is -3.70. The molecule has 0 atom stereocenters. The van der Waals surface area contributed by atoms with E-state index in [0.29, 0.717) is 26.9 Å². The van der Waals surface area contributed by atoms with Crippen LogP contribution < -0.4 is 4.72 Å². The van der Waals surface area contributed by atoms with Crippen molar-refractivity contribution in [1.29, 1.82) is 0 Å². The smallest absolute Gasteiger partial charge is 0.262 e. The lowest BCUT2D eigenvalue weighted by Gasteiger charge is -2.12. The molecular formula is C14H13Cl2NO2S. The van der Waals surface area contributed by atoms with E-state index in [2.05, 4.69) is 4.72 Å². The number of sulfonamides is 1. The predicted molar refractivity (Wildman–Crippen MR) is 83.2 cm³/mol. The topological polar surface area (TPSA) is 46.2 Å². The first kappa shape index (κ1) is 15.2. The molecule has 0 aromatic heterocycles. The molecule has 0 aliphatic heterocycles. The van der Waals surface area contributed by atoms with Gasteiger partial charge in [0.05, 0.1) is 15.6 Å². The Morgan fingerprint density at radius 2 is 1.60 bits per heavy atom. The van der Waals surface area contributed by atoms with Crippen LogP contribution in [0.1, 0.15) is 11.1 Å². The highest BCUT2D eigenvalue weighted by Gasteiger charge is 2.19. The molecule has 20 heavy (non-hydrogen) atoms. The Hall–Kier alpha value is -1.23. The van der Waals surface area contributed by atoms with Gasteiger partial charge in [0, 0.05) is 5.02 Å². The van der Waals surface area contributed by atoms with Gasteiger partial charge in [-0.3, -0.25) is 4.72 Å². The SMILES string of the molecule is Cc1cc(S(=O)(=O)Nc2ccccc2Cl)c(C)cc1Cl. The molecule has 0 saturated heterocycles. The number of anilines is 1. The number of para-hydroxylation sites is 1. The maximum absolute atomic E-state index is 12.4. The van der Waals surface area contributed by atoms with Gasteiger partial charge in [0.25, 0.3) is 10.0 Å². The molecule has 0 heterocycles. The second-order valence-corrected chi connectivity index (χ2v) is 6.92. The highest BCUT2D eigenvalue weighted by Crippen LogP contribution is 2.28. The summed E-state index contributed by atoms with van der Waals surface area (Å²) in [6.07, 6.45) is 0. The Bertz CT molecular complexity index is 758. The van der Waals surface area contributed by atoms with Gasteiger partial charge >= 0.3 is 0 Å². The minimum absolute atomic E-state index is 0.194. The summed E-state index contributed by atoms with van der Waals surface area (Å²) in [6.45, 7) is 3.46. The third-order valence-corrected chi connectivity index (χ3v) is 5.11. The molecule has 6 heteroatoms. The van der Waals surface area contributed by atoms with Gasteiger partial charge in [0.2, 0.25) is 0 Å². The zero-order valence-electron chi connectivity index (χ0n) is 10.9. The Labute approximate surface area is 128 Å². The van der Waals surface area contributed by atoms with Crippen molar-refractivity contribution < 1.29 is 8.42 Å². The normalized spacial score (nSPS) is 11.4. The fraction of sp³-hybridized carbons (Fsp3) is 0.143. The molecule has 2 rings (SSSR count). The van der Waals surface area contributed by atoms with E-state index in [1.54, 1.807) is 50.2 Å². The Kier molecular flexibility index (Phi) is 4.28. The van der Waals surface area contributed by atoms with Crippen molar-refractivity contribution in [2.75, 3.05) is 4.72 Å². The molecule has 0 bridgehead atoms. The summed E-state index contributed by atoms with van der Waals surface area (Å²) >= 11 is 12.0. The summed E-state index contributed by atoms with van der Waals surface area (Å²) in [5.74, 6) is 0. The number of rotatable bonds is 3. The van der Waals surface area contributed by atoms with E-state index < -0.39 is 10.0 Å². The second kappa shape index (κ2) is 5.64. The van der Waals surface area contributed by atoms with Crippen LogP contribution in [0.25, 0.3) is 0 Å². The first-order valence-corrected chi connectivity index (χ1v) is 8.09. The standard InChI is InChI=1S/C14H13Cl2NO2S/c1-9-8-14(10(2)7-12(9)16)20(18,19)17-13-6-4-3-5-11(13)15/h3-8,17H,1-2H3. The molecule has 3 nitrogen and oxygen atoms in total. The average molecular weight is 330 g/mol. The molecule has 1 N–H and O–H groups in total. The molecule has 0 fully saturated rings. The molecule has 2 aromatic rings. The number of halogens is 2. The van der Waals surface area contributed by atoms with E-state index in [-0.39, 0.29) is 4.90 Å². The summed E-state index contributed by atoms with van der Waals surface area (Å²) in [5.41, 5.74) is 1.64. The molecule has 0 saturated carbocycles. The highest BCUT2D eigenvalue weighted by molar-refractivity contribution is 7.92. The zero-order valence-corrected chi connectivity index (χ0v) is 13.3. The molecule has 0 spiro atoms. The monoisotopic (exact) mass is 329 g/mol. The first-order chi connectivity index (χ1) is 9.31. The van der Waals surface area contributed by atoms with Crippen molar-refractivity contribution in [3.63, 3.8) is 0 Å². The lowest BCUT2D eigenvalue weighted by atomic mass is 10.2. The molecule has 0 amide bonds. The van der Waals surface area contributed by atoms with Crippen LogP contribution in [0, 0.1) is 13.8 Å². The Morgan fingerprint density at radius 1 is 0.950 bits per heavy atom. The van der Waals surface area contributed by atoms with Crippen molar-refractivity contribution in [3.8, 4) is 0 Å². The van der Waals surface area contributed by atoms with Gasteiger partial charge in [-0.15, -0.1) is 0 Å². The Balaban J connectivity index is 2.47. The van der Waals surface area contributed by atoms with E-state index in [4.69, 9.17) is 23.2 Å². The van der Waals surface area contributed by atoms with Gasteiger partial charge < -0.3 is 0 Å². The summed E-state index contributed by atoms with van der Waals surface area (Å²) in [6, 6.07) is 9.87. The van der Waals surface area contributed by atoms with E-state index in [1.807, 2.05) is 0 Å². The largest absolute Gasteiger partial charge is 0.278 e. The number of benzene rings is 2. The zero-order chi connectivity index (χ0) is 14.9. The fourth-order valence-corrected chi connectivity index (χ4v) is 3.64. The van der Waals surface area contributed by atoms with E-state index in [1.165, 1.54) is 0 Å². The molecule has 0 aliphatic carbocycles. The van der Waals surface area contributed by atoms with Gasteiger partial charge in [0.1, 0.15) is 0 Å². The van der Waals surface area contributed by atoms with Gasteiger partial charge in [0.15, 0.2) is 0 Å².